The number of aromatic nitrogens is 2. The molecule has 0 saturated carbocycles. The molecular formula is C74H48N4O2Si. The largest absolute Gasteiger partial charge is 0.435 e. The molecular weight excluding hydrogens is 1000 g/mol. The quantitative estimate of drug-likeness (QED) is 0.127. The predicted molar refractivity (Wildman–Crippen MR) is 334 cm³/mol. The maximum atomic E-state index is 7.54. The molecule has 2 aliphatic rings. The summed E-state index contributed by atoms with van der Waals surface area (Å²) in [6, 6.07) is 104. The van der Waals surface area contributed by atoms with Gasteiger partial charge in [0.25, 0.3) is 0 Å². The molecule has 16 rings (SSSR count). The number of hydrogen-bond acceptors (Lipinski definition) is 6. The van der Waals surface area contributed by atoms with Crippen LogP contribution < -0.4 is 30.5 Å². The predicted octanol–water partition coefficient (Wildman–Crippen LogP) is 16.9. The lowest BCUT2D eigenvalue weighted by molar-refractivity contribution is 0.617. The lowest BCUT2D eigenvalue weighted by Gasteiger charge is -2.32. The minimum absolute atomic E-state index is 0.532. The molecule has 380 valence electrons. The van der Waals surface area contributed by atoms with Gasteiger partial charge in [-0.15, -0.1) is 0 Å². The van der Waals surface area contributed by atoms with Crippen LogP contribution in [0.5, 0.6) is 0 Å². The number of hydrogen-bond donors (Lipinski definition) is 0. The van der Waals surface area contributed by atoms with Gasteiger partial charge in [0.05, 0.1) is 22.7 Å². The smallest absolute Gasteiger partial charge is 0.227 e. The summed E-state index contributed by atoms with van der Waals surface area (Å²) in [7, 11) is -3.47. The van der Waals surface area contributed by atoms with E-state index in [-0.39, 0.29) is 0 Å². The molecule has 0 saturated heterocycles. The molecule has 2 aliphatic heterocycles. The Hall–Kier alpha value is -10.6. The molecule has 0 fully saturated rings. The summed E-state index contributed by atoms with van der Waals surface area (Å²) >= 11 is 0. The molecule has 1 spiro atoms. The summed E-state index contributed by atoms with van der Waals surface area (Å²) in [5.74, 6) is 1.06. The van der Waals surface area contributed by atoms with Gasteiger partial charge in [-0.1, -0.05) is 218 Å². The molecule has 14 aromatic rings. The fourth-order valence-corrected chi connectivity index (χ4v) is 18.6. The molecule has 7 heteroatoms. The van der Waals surface area contributed by atoms with Gasteiger partial charge in [0.15, 0.2) is 19.2 Å². The second kappa shape index (κ2) is 18.8. The SMILES string of the molecule is c1ccc(-c2nc3c(N(c4ccccc4)c4ccccc4-c4ccccc4)cc4c(c3o2)-c2c(cc(N(c3ccccc3)c3ccccc3-c3ccccc3)c3nc(-c5ccccc5)oc23)[Si]42c3ccccc3-c3ccccc32)cc1. The van der Waals surface area contributed by atoms with Crippen LogP contribution in [-0.4, -0.2) is 18.0 Å². The van der Waals surface area contributed by atoms with Crippen LogP contribution in [0, 0.1) is 0 Å². The highest BCUT2D eigenvalue weighted by Crippen LogP contribution is 2.52. The van der Waals surface area contributed by atoms with E-state index >= 15 is 0 Å². The number of nitrogens with zero attached hydrogens (tertiary/aromatic N) is 4. The molecule has 0 N–H and O–H groups in total. The minimum Gasteiger partial charge on any atom is -0.435 e. The monoisotopic (exact) mass is 1050 g/mol. The number of rotatable bonds is 10. The normalized spacial score (nSPS) is 12.5. The van der Waals surface area contributed by atoms with Gasteiger partial charge in [0.2, 0.25) is 11.8 Å². The first-order valence-electron chi connectivity index (χ1n) is 27.5. The van der Waals surface area contributed by atoms with Crippen LogP contribution in [0.3, 0.4) is 0 Å². The standard InChI is InChI=1S/C74H48N4O2Si/c1-7-27-49(28-8-1)55-39-19-23-43-59(55)77(53-35-15-5-16-36-53)61-47-65-67(71-69(61)75-73(79-71)51-31-11-3-12-32-51)68-66(81(65)63-45-25-21-41-57(63)58-42-22-26-46-64(58)81)48-62(70-72(68)80-74(76-70)52-33-13-4-14-34-52)78(54-37-17-6-18-38-54)60-44-24-20-40-56(60)50-29-9-2-10-30-50/h1-48H. The molecule has 0 bridgehead atoms. The van der Waals surface area contributed by atoms with Crippen LogP contribution in [0.1, 0.15) is 0 Å². The van der Waals surface area contributed by atoms with E-state index < -0.39 is 8.07 Å². The van der Waals surface area contributed by atoms with Crippen molar-refractivity contribution in [3.8, 4) is 67.4 Å². The fraction of sp³-hybridized carbons (Fsp3) is 0. The Kier molecular flexibility index (Phi) is 10.8. The van der Waals surface area contributed by atoms with E-state index in [2.05, 4.69) is 265 Å². The molecule has 2 aromatic heterocycles. The highest BCUT2D eigenvalue weighted by molar-refractivity contribution is 7.24. The van der Waals surface area contributed by atoms with Crippen molar-refractivity contribution in [1.82, 2.24) is 9.97 Å². The lowest BCUT2D eigenvalue weighted by atomic mass is 9.98. The Morgan fingerprint density at radius 3 is 0.963 bits per heavy atom. The summed E-state index contributed by atoms with van der Waals surface area (Å²) in [6.45, 7) is 0. The zero-order valence-corrected chi connectivity index (χ0v) is 44.8. The van der Waals surface area contributed by atoms with Crippen LogP contribution in [0.2, 0.25) is 0 Å². The van der Waals surface area contributed by atoms with E-state index in [4.69, 9.17) is 18.8 Å². The van der Waals surface area contributed by atoms with Gasteiger partial charge < -0.3 is 18.6 Å². The summed E-state index contributed by atoms with van der Waals surface area (Å²) in [6.07, 6.45) is 0. The highest BCUT2D eigenvalue weighted by Gasteiger charge is 2.57. The summed E-state index contributed by atoms with van der Waals surface area (Å²) in [5.41, 5.74) is 19.3. The van der Waals surface area contributed by atoms with Crippen LogP contribution in [0.15, 0.2) is 300 Å². The van der Waals surface area contributed by atoms with Crippen molar-refractivity contribution < 1.29 is 8.83 Å². The lowest BCUT2D eigenvalue weighted by Crippen LogP contribution is -2.70. The van der Waals surface area contributed by atoms with Gasteiger partial charge in [-0.05, 0) is 116 Å². The topological polar surface area (TPSA) is 58.5 Å². The Bertz CT molecular complexity index is 4400. The van der Waals surface area contributed by atoms with Crippen molar-refractivity contribution in [2.45, 2.75) is 0 Å². The zero-order valence-electron chi connectivity index (χ0n) is 43.8. The fourth-order valence-electron chi connectivity index (χ4n) is 13.0. The number of anilines is 6. The molecule has 12 aromatic carbocycles. The third-order valence-electron chi connectivity index (χ3n) is 16.3. The third kappa shape index (κ3) is 7.19. The van der Waals surface area contributed by atoms with Crippen LogP contribution in [-0.2, 0) is 0 Å². The van der Waals surface area contributed by atoms with Crippen LogP contribution >= 0.6 is 0 Å². The first kappa shape index (κ1) is 46.5. The molecule has 0 unspecified atom stereocenters. The van der Waals surface area contributed by atoms with E-state index in [0.717, 1.165) is 89.7 Å². The number of benzene rings is 12. The van der Waals surface area contributed by atoms with Crippen LogP contribution in [0.25, 0.3) is 89.6 Å². The van der Waals surface area contributed by atoms with Crippen LogP contribution in [0.4, 0.5) is 34.1 Å². The van der Waals surface area contributed by atoms with Gasteiger partial charge in [-0.25, -0.2) is 9.97 Å². The van der Waals surface area contributed by atoms with Gasteiger partial charge in [-0.2, -0.15) is 0 Å². The molecule has 6 nitrogen and oxygen atoms in total. The van der Waals surface area contributed by atoms with Gasteiger partial charge >= 0.3 is 0 Å². The Morgan fingerprint density at radius 1 is 0.272 bits per heavy atom. The molecule has 81 heavy (non-hydrogen) atoms. The van der Waals surface area contributed by atoms with Gasteiger partial charge in [0.1, 0.15) is 11.0 Å². The molecule has 0 atom stereocenters. The Balaban J connectivity index is 1.10. The van der Waals surface area contributed by atoms with Gasteiger partial charge in [-0.3, -0.25) is 0 Å². The molecule has 0 amide bonds. The van der Waals surface area contributed by atoms with E-state index in [9.17, 15) is 0 Å². The first-order valence-corrected chi connectivity index (χ1v) is 29.5. The van der Waals surface area contributed by atoms with E-state index in [1.54, 1.807) is 0 Å². The third-order valence-corrected chi connectivity index (χ3v) is 21.2. The van der Waals surface area contributed by atoms with E-state index in [1.165, 1.54) is 31.9 Å². The Labute approximate surface area is 469 Å². The molecule has 0 aliphatic carbocycles. The maximum absolute atomic E-state index is 7.54. The number of oxazole rings is 2. The van der Waals surface area contributed by atoms with Crippen molar-refractivity contribution >= 4 is 85.1 Å². The van der Waals surface area contributed by atoms with Crippen molar-refractivity contribution in [3.63, 3.8) is 0 Å². The second-order valence-electron chi connectivity index (χ2n) is 20.7. The summed E-state index contributed by atoms with van der Waals surface area (Å²) in [4.78, 5) is 16.1. The molecule has 4 heterocycles. The maximum Gasteiger partial charge on any atom is 0.227 e. The highest BCUT2D eigenvalue weighted by atomic mass is 28.3. The number of para-hydroxylation sites is 4. The zero-order chi connectivity index (χ0) is 53.4. The van der Waals surface area contributed by atoms with Crippen molar-refractivity contribution in [2.24, 2.45) is 0 Å². The minimum atomic E-state index is -3.47. The Morgan fingerprint density at radius 2 is 0.580 bits per heavy atom. The van der Waals surface area contributed by atoms with Crippen molar-refractivity contribution in [2.75, 3.05) is 9.80 Å². The van der Waals surface area contributed by atoms with Gasteiger partial charge in [0, 0.05) is 44.8 Å². The first-order chi connectivity index (χ1) is 40.2. The number of fused-ring (bicyclic) bond motifs is 14. The van der Waals surface area contributed by atoms with E-state index in [0.29, 0.717) is 22.9 Å². The van der Waals surface area contributed by atoms with E-state index in [1.807, 2.05) is 36.4 Å². The molecule has 0 radical (unpaired) electrons. The average Bonchev–Trinajstić information content (AvgIpc) is 4.38. The average molecular weight is 1050 g/mol. The second-order valence-corrected chi connectivity index (χ2v) is 24.4. The summed E-state index contributed by atoms with van der Waals surface area (Å²) in [5, 5.41) is 5.00. The van der Waals surface area contributed by atoms with Crippen molar-refractivity contribution in [1.29, 1.82) is 0 Å². The summed E-state index contributed by atoms with van der Waals surface area (Å²) < 4.78 is 15.1. The van der Waals surface area contributed by atoms with Crippen molar-refractivity contribution in [3.05, 3.63) is 291 Å².